The average Bonchev–Trinajstić information content (AvgIpc) is 2.25. The van der Waals surface area contributed by atoms with E-state index < -0.39 is 11.7 Å². The maximum absolute atomic E-state index is 13.4. The minimum Gasteiger partial charge on any atom is -0.399 e. The lowest BCUT2D eigenvalue weighted by Gasteiger charge is -2.10. The van der Waals surface area contributed by atoms with Crippen LogP contribution < -0.4 is 11.1 Å². The van der Waals surface area contributed by atoms with E-state index in [-0.39, 0.29) is 5.56 Å². The predicted octanol–water partition coefficient (Wildman–Crippen LogP) is 2.18. The summed E-state index contributed by atoms with van der Waals surface area (Å²) in [5, 5.41) is 2.69. The van der Waals surface area contributed by atoms with Crippen LogP contribution in [0.4, 0.5) is 10.1 Å². The van der Waals surface area contributed by atoms with Crippen molar-refractivity contribution in [2.45, 2.75) is 20.3 Å². The first-order valence-electron chi connectivity index (χ1n) is 5.37. The van der Waals surface area contributed by atoms with Crippen molar-refractivity contribution in [3.63, 3.8) is 0 Å². The lowest BCUT2D eigenvalue weighted by atomic mass is 10.1. The van der Waals surface area contributed by atoms with Crippen molar-refractivity contribution in [1.29, 1.82) is 0 Å². The molecule has 3 N–H and O–H groups in total. The molecule has 0 bridgehead atoms. The molecule has 0 spiro atoms. The van der Waals surface area contributed by atoms with Gasteiger partial charge in [-0.1, -0.05) is 20.3 Å². The topological polar surface area (TPSA) is 55.1 Å². The Morgan fingerprint density at radius 2 is 2.25 bits per heavy atom. The van der Waals surface area contributed by atoms with Crippen molar-refractivity contribution in [3.8, 4) is 0 Å². The third-order valence-electron chi connectivity index (χ3n) is 2.55. The monoisotopic (exact) mass is 224 g/mol. The van der Waals surface area contributed by atoms with Gasteiger partial charge >= 0.3 is 0 Å². The van der Waals surface area contributed by atoms with Crippen molar-refractivity contribution < 1.29 is 9.18 Å². The second kappa shape index (κ2) is 5.49. The van der Waals surface area contributed by atoms with Gasteiger partial charge in [-0.05, 0) is 24.1 Å². The van der Waals surface area contributed by atoms with Crippen LogP contribution in [0.15, 0.2) is 18.2 Å². The van der Waals surface area contributed by atoms with Gasteiger partial charge in [0.25, 0.3) is 5.91 Å². The van der Waals surface area contributed by atoms with E-state index in [1.807, 2.05) is 13.8 Å². The summed E-state index contributed by atoms with van der Waals surface area (Å²) < 4.78 is 13.4. The second-order valence-electron chi connectivity index (χ2n) is 3.96. The minimum atomic E-state index is -0.582. The quantitative estimate of drug-likeness (QED) is 0.770. The number of halogens is 1. The highest BCUT2D eigenvalue weighted by Gasteiger charge is 2.11. The van der Waals surface area contributed by atoms with E-state index in [9.17, 15) is 9.18 Å². The third kappa shape index (κ3) is 3.22. The van der Waals surface area contributed by atoms with Gasteiger partial charge in [0, 0.05) is 12.2 Å². The Morgan fingerprint density at radius 3 is 2.81 bits per heavy atom. The van der Waals surface area contributed by atoms with Crippen LogP contribution in [0, 0.1) is 11.7 Å². The van der Waals surface area contributed by atoms with Crippen LogP contribution in [-0.4, -0.2) is 12.5 Å². The van der Waals surface area contributed by atoms with Crippen molar-refractivity contribution in [1.82, 2.24) is 5.32 Å². The van der Waals surface area contributed by atoms with Crippen LogP contribution in [-0.2, 0) is 0 Å². The van der Waals surface area contributed by atoms with Crippen LogP contribution in [0.25, 0.3) is 0 Å². The number of hydrogen-bond acceptors (Lipinski definition) is 2. The molecule has 0 aliphatic heterocycles. The number of nitrogens with one attached hydrogen (secondary N) is 1. The highest BCUT2D eigenvalue weighted by atomic mass is 19.1. The van der Waals surface area contributed by atoms with Gasteiger partial charge in [0.1, 0.15) is 5.82 Å². The Bertz CT molecular complexity index is 379. The Kier molecular flexibility index (Phi) is 4.28. The molecule has 1 aromatic rings. The summed E-state index contributed by atoms with van der Waals surface area (Å²) in [4.78, 5) is 11.6. The molecule has 16 heavy (non-hydrogen) atoms. The largest absolute Gasteiger partial charge is 0.399 e. The summed E-state index contributed by atoms with van der Waals surface area (Å²) in [5.74, 6) is -0.583. The lowest BCUT2D eigenvalue weighted by molar-refractivity contribution is 0.0944. The molecule has 88 valence electrons. The number of carbonyl (C=O) groups excluding carboxylic acids is 1. The van der Waals surface area contributed by atoms with E-state index in [0.29, 0.717) is 18.2 Å². The van der Waals surface area contributed by atoms with E-state index in [2.05, 4.69) is 5.32 Å². The van der Waals surface area contributed by atoms with Gasteiger partial charge in [-0.2, -0.15) is 0 Å². The van der Waals surface area contributed by atoms with Gasteiger partial charge in [-0.15, -0.1) is 0 Å². The fourth-order valence-corrected chi connectivity index (χ4v) is 1.22. The number of nitrogen functional groups attached to an aromatic ring is 1. The molecule has 3 nitrogen and oxygen atoms in total. The van der Waals surface area contributed by atoms with E-state index in [0.717, 1.165) is 12.5 Å². The van der Waals surface area contributed by atoms with E-state index in [1.165, 1.54) is 12.1 Å². The summed E-state index contributed by atoms with van der Waals surface area (Å²) in [6, 6.07) is 4.07. The van der Waals surface area contributed by atoms with Crippen LogP contribution in [0.5, 0.6) is 0 Å². The van der Waals surface area contributed by atoms with Crippen molar-refractivity contribution in [2.75, 3.05) is 12.3 Å². The molecule has 0 fully saturated rings. The Morgan fingerprint density at radius 1 is 1.56 bits per heavy atom. The van der Waals surface area contributed by atoms with E-state index in [1.54, 1.807) is 0 Å². The summed E-state index contributed by atoms with van der Waals surface area (Å²) in [6.45, 7) is 4.62. The average molecular weight is 224 g/mol. The molecule has 1 aromatic carbocycles. The molecule has 0 saturated heterocycles. The van der Waals surface area contributed by atoms with Gasteiger partial charge in [-0.3, -0.25) is 4.79 Å². The normalized spacial score (nSPS) is 12.2. The van der Waals surface area contributed by atoms with Gasteiger partial charge in [0.05, 0.1) is 5.56 Å². The molecular formula is C12H17FN2O. The molecule has 1 unspecified atom stereocenters. The van der Waals surface area contributed by atoms with Crippen LogP contribution >= 0.6 is 0 Å². The fraction of sp³-hybridized carbons (Fsp3) is 0.417. The first kappa shape index (κ1) is 12.5. The van der Waals surface area contributed by atoms with Gasteiger partial charge < -0.3 is 11.1 Å². The number of anilines is 1. The molecule has 0 aromatic heterocycles. The first-order chi connectivity index (χ1) is 7.54. The SMILES string of the molecule is CCC(C)CNC(=O)c1ccc(N)cc1F. The summed E-state index contributed by atoms with van der Waals surface area (Å²) >= 11 is 0. The van der Waals surface area contributed by atoms with Gasteiger partial charge in [-0.25, -0.2) is 4.39 Å². The summed E-state index contributed by atoms with van der Waals surface area (Å²) in [7, 11) is 0. The first-order valence-corrected chi connectivity index (χ1v) is 5.37. The molecule has 4 heteroatoms. The minimum absolute atomic E-state index is 0.0394. The molecule has 1 atom stereocenters. The van der Waals surface area contributed by atoms with Crippen molar-refractivity contribution >= 4 is 11.6 Å². The highest BCUT2D eigenvalue weighted by Crippen LogP contribution is 2.11. The Balaban J connectivity index is 2.66. The van der Waals surface area contributed by atoms with Crippen LogP contribution in [0.2, 0.25) is 0 Å². The van der Waals surface area contributed by atoms with Crippen molar-refractivity contribution in [3.05, 3.63) is 29.6 Å². The standard InChI is InChI=1S/C12H17FN2O/c1-3-8(2)7-15-12(16)10-5-4-9(14)6-11(10)13/h4-6,8H,3,7,14H2,1-2H3,(H,15,16). The Labute approximate surface area is 94.8 Å². The number of benzene rings is 1. The zero-order valence-corrected chi connectivity index (χ0v) is 9.59. The van der Waals surface area contributed by atoms with Gasteiger partial charge in [0.15, 0.2) is 0 Å². The smallest absolute Gasteiger partial charge is 0.254 e. The maximum atomic E-state index is 13.4. The number of rotatable bonds is 4. The third-order valence-corrected chi connectivity index (χ3v) is 2.55. The molecule has 0 aliphatic rings. The summed E-state index contributed by atoms with van der Waals surface area (Å²) in [6.07, 6.45) is 0.977. The maximum Gasteiger partial charge on any atom is 0.254 e. The second-order valence-corrected chi connectivity index (χ2v) is 3.96. The number of hydrogen-bond donors (Lipinski definition) is 2. The number of nitrogens with two attached hydrogens (primary N) is 1. The van der Waals surface area contributed by atoms with E-state index in [4.69, 9.17) is 5.73 Å². The molecule has 0 aliphatic carbocycles. The van der Waals surface area contributed by atoms with E-state index >= 15 is 0 Å². The van der Waals surface area contributed by atoms with Crippen LogP contribution in [0.1, 0.15) is 30.6 Å². The molecule has 0 heterocycles. The molecule has 0 saturated carbocycles. The lowest BCUT2D eigenvalue weighted by Crippen LogP contribution is -2.28. The molecule has 1 rings (SSSR count). The number of carbonyl (C=O) groups is 1. The van der Waals surface area contributed by atoms with Gasteiger partial charge in [0.2, 0.25) is 0 Å². The number of amides is 1. The zero-order chi connectivity index (χ0) is 12.1. The molecule has 0 radical (unpaired) electrons. The predicted molar refractivity (Wildman–Crippen MR) is 62.6 cm³/mol. The Hall–Kier alpha value is -1.58. The van der Waals surface area contributed by atoms with Crippen LogP contribution in [0.3, 0.4) is 0 Å². The zero-order valence-electron chi connectivity index (χ0n) is 9.59. The molecular weight excluding hydrogens is 207 g/mol. The summed E-state index contributed by atoms with van der Waals surface area (Å²) in [5.41, 5.74) is 5.75. The fourth-order valence-electron chi connectivity index (χ4n) is 1.22. The highest BCUT2D eigenvalue weighted by molar-refractivity contribution is 5.94. The molecule has 1 amide bonds. The van der Waals surface area contributed by atoms with Crippen molar-refractivity contribution in [2.24, 2.45) is 5.92 Å².